The van der Waals surface area contributed by atoms with Gasteiger partial charge in [0.05, 0.1) is 14.2 Å². The van der Waals surface area contributed by atoms with Crippen LogP contribution in [-0.2, 0) is 13.5 Å². The minimum Gasteiger partial charge on any atom is -0.493 e. The summed E-state index contributed by atoms with van der Waals surface area (Å²) in [4.78, 5) is 12.4. The molecule has 25 heavy (non-hydrogen) atoms. The number of carbonyl (C=O) groups excluding carboxylic acids is 1. The zero-order valence-corrected chi connectivity index (χ0v) is 14.7. The van der Waals surface area contributed by atoms with Crippen molar-refractivity contribution in [1.82, 2.24) is 9.88 Å². The SMILES string of the molecule is COc1ccc(CCNC(=O)c2ccc3ccn(C)c3c2)cc1OC. The van der Waals surface area contributed by atoms with Gasteiger partial charge in [0.25, 0.3) is 5.91 Å². The summed E-state index contributed by atoms with van der Waals surface area (Å²) in [6, 6.07) is 13.6. The Kier molecular flexibility index (Phi) is 4.93. The van der Waals surface area contributed by atoms with Crippen molar-refractivity contribution < 1.29 is 14.3 Å². The van der Waals surface area contributed by atoms with Gasteiger partial charge in [-0.2, -0.15) is 0 Å². The fourth-order valence-electron chi connectivity index (χ4n) is 2.86. The highest BCUT2D eigenvalue weighted by molar-refractivity contribution is 5.98. The second kappa shape index (κ2) is 7.30. The summed E-state index contributed by atoms with van der Waals surface area (Å²) in [6.45, 7) is 0.555. The number of aromatic nitrogens is 1. The third-order valence-corrected chi connectivity index (χ3v) is 4.30. The van der Waals surface area contributed by atoms with Crippen molar-refractivity contribution in [2.24, 2.45) is 7.05 Å². The molecule has 1 heterocycles. The van der Waals surface area contributed by atoms with E-state index in [9.17, 15) is 4.79 Å². The summed E-state index contributed by atoms with van der Waals surface area (Å²) < 4.78 is 12.5. The normalized spacial score (nSPS) is 10.7. The molecule has 3 rings (SSSR count). The van der Waals surface area contributed by atoms with E-state index in [1.807, 2.05) is 60.3 Å². The summed E-state index contributed by atoms with van der Waals surface area (Å²) in [7, 11) is 5.20. The van der Waals surface area contributed by atoms with Gasteiger partial charge in [-0.25, -0.2) is 0 Å². The van der Waals surface area contributed by atoms with Gasteiger partial charge in [0.15, 0.2) is 11.5 Å². The number of nitrogens with one attached hydrogen (secondary N) is 1. The third kappa shape index (κ3) is 3.60. The summed E-state index contributed by atoms with van der Waals surface area (Å²) in [6.07, 6.45) is 2.71. The highest BCUT2D eigenvalue weighted by Gasteiger charge is 2.08. The van der Waals surface area contributed by atoms with Crippen LogP contribution in [-0.4, -0.2) is 31.2 Å². The Hall–Kier alpha value is -2.95. The van der Waals surface area contributed by atoms with Crippen molar-refractivity contribution >= 4 is 16.8 Å². The molecule has 3 aromatic rings. The van der Waals surface area contributed by atoms with E-state index < -0.39 is 0 Å². The number of hydrogen-bond donors (Lipinski definition) is 1. The van der Waals surface area contributed by atoms with Crippen molar-refractivity contribution in [3.8, 4) is 11.5 Å². The van der Waals surface area contributed by atoms with E-state index in [0.717, 1.165) is 22.9 Å². The summed E-state index contributed by atoms with van der Waals surface area (Å²) in [5.41, 5.74) is 2.80. The first-order valence-electron chi connectivity index (χ1n) is 8.16. The zero-order valence-electron chi connectivity index (χ0n) is 14.7. The fourth-order valence-corrected chi connectivity index (χ4v) is 2.86. The number of rotatable bonds is 6. The average molecular weight is 338 g/mol. The van der Waals surface area contributed by atoms with Gasteiger partial charge in [0.2, 0.25) is 0 Å². The molecule has 5 nitrogen and oxygen atoms in total. The van der Waals surface area contributed by atoms with Gasteiger partial charge in [0.1, 0.15) is 0 Å². The van der Waals surface area contributed by atoms with Crippen LogP contribution in [0.3, 0.4) is 0 Å². The van der Waals surface area contributed by atoms with Crippen molar-refractivity contribution in [2.75, 3.05) is 20.8 Å². The van der Waals surface area contributed by atoms with E-state index in [1.165, 1.54) is 0 Å². The number of benzene rings is 2. The van der Waals surface area contributed by atoms with Gasteiger partial charge in [-0.15, -0.1) is 0 Å². The number of hydrogen-bond acceptors (Lipinski definition) is 3. The van der Waals surface area contributed by atoms with E-state index in [1.54, 1.807) is 14.2 Å². The minimum absolute atomic E-state index is 0.0661. The molecule has 0 aliphatic carbocycles. The lowest BCUT2D eigenvalue weighted by Gasteiger charge is -2.10. The smallest absolute Gasteiger partial charge is 0.251 e. The molecule has 0 aliphatic rings. The van der Waals surface area contributed by atoms with Crippen LogP contribution in [0.25, 0.3) is 10.9 Å². The molecule has 2 aromatic carbocycles. The Labute approximate surface area is 147 Å². The van der Waals surface area contributed by atoms with E-state index in [0.29, 0.717) is 23.6 Å². The lowest BCUT2D eigenvalue weighted by Crippen LogP contribution is -2.25. The summed E-state index contributed by atoms with van der Waals surface area (Å²) in [5.74, 6) is 1.33. The van der Waals surface area contributed by atoms with E-state index in [2.05, 4.69) is 5.32 Å². The Bertz CT molecular complexity index is 899. The van der Waals surface area contributed by atoms with Gasteiger partial charge in [-0.3, -0.25) is 4.79 Å². The first kappa shape index (κ1) is 16.9. The molecule has 0 bridgehead atoms. The van der Waals surface area contributed by atoms with Crippen LogP contribution in [0.4, 0.5) is 0 Å². The molecule has 5 heteroatoms. The molecule has 1 aromatic heterocycles. The molecule has 0 fully saturated rings. The van der Waals surface area contributed by atoms with Gasteiger partial charge < -0.3 is 19.4 Å². The van der Waals surface area contributed by atoms with Crippen molar-refractivity contribution in [2.45, 2.75) is 6.42 Å². The zero-order chi connectivity index (χ0) is 17.8. The van der Waals surface area contributed by atoms with E-state index in [-0.39, 0.29) is 5.91 Å². The third-order valence-electron chi connectivity index (χ3n) is 4.30. The van der Waals surface area contributed by atoms with Crippen LogP contribution >= 0.6 is 0 Å². The predicted molar refractivity (Wildman–Crippen MR) is 98.5 cm³/mol. The number of fused-ring (bicyclic) bond motifs is 1. The molecular formula is C20H22N2O3. The Balaban J connectivity index is 1.63. The first-order chi connectivity index (χ1) is 12.1. The molecule has 130 valence electrons. The maximum absolute atomic E-state index is 12.4. The lowest BCUT2D eigenvalue weighted by atomic mass is 10.1. The van der Waals surface area contributed by atoms with E-state index in [4.69, 9.17) is 9.47 Å². The minimum atomic E-state index is -0.0661. The first-order valence-corrected chi connectivity index (χ1v) is 8.16. The van der Waals surface area contributed by atoms with Crippen LogP contribution in [0.15, 0.2) is 48.7 Å². The molecule has 1 N–H and O–H groups in total. The topological polar surface area (TPSA) is 52.5 Å². The van der Waals surface area contributed by atoms with Crippen LogP contribution in [0.1, 0.15) is 15.9 Å². The maximum Gasteiger partial charge on any atom is 0.251 e. The second-order valence-electron chi connectivity index (χ2n) is 5.90. The van der Waals surface area contributed by atoms with Gasteiger partial charge in [0, 0.05) is 30.9 Å². The predicted octanol–water partition coefficient (Wildman–Crippen LogP) is 3.17. The summed E-state index contributed by atoms with van der Waals surface area (Å²) in [5, 5.41) is 4.10. The maximum atomic E-state index is 12.4. The Morgan fingerprint density at radius 3 is 2.60 bits per heavy atom. The molecule has 0 saturated carbocycles. The largest absolute Gasteiger partial charge is 0.493 e. The lowest BCUT2D eigenvalue weighted by molar-refractivity contribution is 0.0954. The van der Waals surface area contributed by atoms with Crippen molar-refractivity contribution in [3.05, 3.63) is 59.8 Å². The second-order valence-corrected chi connectivity index (χ2v) is 5.90. The van der Waals surface area contributed by atoms with Gasteiger partial charge in [-0.05, 0) is 47.7 Å². The number of nitrogens with zero attached hydrogens (tertiary/aromatic N) is 1. The van der Waals surface area contributed by atoms with Gasteiger partial charge in [-0.1, -0.05) is 12.1 Å². The molecule has 0 saturated heterocycles. The molecule has 0 aliphatic heterocycles. The van der Waals surface area contributed by atoms with Crippen molar-refractivity contribution in [1.29, 1.82) is 0 Å². The monoisotopic (exact) mass is 338 g/mol. The molecule has 1 amide bonds. The van der Waals surface area contributed by atoms with E-state index >= 15 is 0 Å². The molecule has 0 unspecified atom stereocenters. The standard InChI is InChI=1S/C20H22N2O3/c1-22-11-9-15-5-6-16(13-17(15)22)20(23)21-10-8-14-4-7-18(24-2)19(12-14)25-3/h4-7,9,11-13H,8,10H2,1-3H3,(H,21,23). The fraction of sp³-hybridized carbons (Fsp3) is 0.250. The quantitative estimate of drug-likeness (QED) is 0.751. The Morgan fingerprint density at radius 2 is 1.84 bits per heavy atom. The Morgan fingerprint density at radius 1 is 1.04 bits per heavy atom. The van der Waals surface area contributed by atoms with Gasteiger partial charge >= 0.3 is 0 Å². The number of amides is 1. The molecule has 0 spiro atoms. The number of ether oxygens (including phenoxy) is 2. The van der Waals surface area contributed by atoms with Crippen molar-refractivity contribution in [3.63, 3.8) is 0 Å². The average Bonchev–Trinajstić information content (AvgIpc) is 3.02. The van der Waals surface area contributed by atoms with Crippen LogP contribution in [0.2, 0.25) is 0 Å². The molecule has 0 radical (unpaired) electrons. The highest BCUT2D eigenvalue weighted by Crippen LogP contribution is 2.27. The number of carbonyl (C=O) groups is 1. The van der Waals surface area contributed by atoms with Crippen LogP contribution in [0, 0.1) is 0 Å². The number of methoxy groups -OCH3 is 2. The molecular weight excluding hydrogens is 316 g/mol. The summed E-state index contributed by atoms with van der Waals surface area (Å²) >= 11 is 0. The van der Waals surface area contributed by atoms with Crippen LogP contribution < -0.4 is 14.8 Å². The molecule has 0 atom stereocenters. The highest BCUT2D eigenvalue weighted by atomic mass is 16.5. The van der Waals surface area contributed by atoms with Crippen LogP contribution in [0.5, 0.6) is 11.5 Å². The number of aryl methyl sites for hydroxylation is 1.